The zero-order valence-corrected chi connectivity index (χ0v) is 9.72. The van der Waals surface area contributed by atoms with Gasteiger partial charge in [-0.15, -0.1) is 0 Å². The molecule has 1 rings (SSSR count). The lowest BCUT2D eigenvalue weighted by Crippen LogP contribution is -2.09. The predicted molar refractivity (Wildman–Crippen MR) is 60.9 cm³/mol. The lowest BCUT2D eigenvalue weighted by atomic mass is 10.0. The maximum Gasteiger partial charge on any atom is 0.0388 e. The molecule has 0 aliphatic carbocycles. The quantitative estimate of drug-likeness (QED) is 0.592. The first kappa shape index (κ1) is 9.01. The summed E-state index contributed by atoms with van der Waals surface area (Å²) in [6, 6.07) is 4.28. The summed E-state index contributed by atoms with van der Waals surface area (Å²) in [5, 5.41) is 1.44. The van der Waals surface area contributed by atoms with Crippen LogP contribution in [0.3, 0.4) is 0 Å². The Morgan fingerprint density at radius 3 is 2.42 bits per heavy atom. The highest BCUT2D eigenvalue weighted by Gasteiger charge is 2.00. The van der Waals surface area contributed by atoms with E-state index < -0.39 is 0 Å². The SMILES string of the molecule is C=Cc1ccc([SiH3])c(C)c1C=C. The van der Waals surface area contributed by atoms with Gasteiger partial charge in [0.2, 0.25) is 0 Å². The van der Waals surface area contributed by atoms with Crippen molar-refractivity contribution in [3.8, 4) is 0 Å². The molecule has 0 saturated carbocycles. The summed E-state index contributed by atoms with van der Waals surface area (Å²) in [5.74, 6) is 0. The molecular formula is C11H14Si. The average Bonchev–Trinajstić information content (AvgIpc) is 2.09. The Morgan fingerprint density at radius 1 is 1.25 bits per heavy atom. The summed E-state index contributed by atoms with van der Waals surface area (Å²) < 4.78 is 0. The van der Waals surface area contributed by atoms with Gasteiger partial charge < -0.3 is 0 Å². The molecule has 0 aliphatic heterocycles. The molecule has 0 nitrogen and oxygen atoms in total. The Kier molecular flexibility index (Phi) is 2.66. The Balaban J connectivity index is 3.45. The van der Waals surface area contributed by atoms with Gasteiger partial charge in [0.15, 0.2) is 0 Å². The van der Waals surface area contributed by atoms with Crippen molar-refractivity contribution in [3.05, 3.63) is 42.0 Å². The first-order valence-corrected chi connectivity index (χ1v) is 5.05. The van der Waals surface area contributed by atoms with Gasteiger partial charge in [0, 0.05) is 10.2 Å². The second kappa shape index (κ2) is 3.54. The zero-order chi connectivity index (χ0) is 9.14. The predicted octanol–water partition coefficient (Wildman–Crippen LogP) is 1.27. The minimum atomic E-state index is 1.10. The normalized spacial score (nSPS) is 9.75. The fourth-order valence-electron chi connectivity index (χ4n) is 1.31. The van der Waals surface area contributed by atoms with Gasteiger partial charge in [0.25, 0.3) is 0 Å². The lowest BCUT2D eigenvalue weighted by Gasteiger charge is -2.07. The van der Waals surface area contributed by atoms with Crippen LogP contribution in [0, 0.1) is 6.92 Å². The van der Waals surface area contributed by atoms with Crippen molar-refractivity contribution < 1.29 is 0 Å². The van der Waals surface area contributed by atoms with Crippen LogP contribution in [0.15, 0.2) is 25.3 Å². The first-order chi connectivity index (χ1) is 5.70. The largest absolute Gasteiger partial charge is 0.0984 e. The Bertz CT molecular complexity index is 324. The van der Waals surface area contributed by atoms with E-state index in [0.717, 1.165) is 10.2 Å². The molecule has 0 N–H and O–H groups in total. The molecular weight excluding hydrogens is 160 g/mol. The van der Waals surface area contributed by atoms with Gasteiger partial charge in [-0.05, 0) is 23.6 Å². The van der Waals surface area contributed by atoms with E-state index in [1.54, 1.807) is 0 Å². The molecule has 0 bridgehead atoms. The minimum Gasteiger partial charge on any atom is -0.0984 e. The van der Waals surface area contributed by atoms with E-state index in [2.05, 4.69) is 32.2 Å². The highest BCUT2D eigenvalue weighted by atomic mass is 28.1. The van der Waals surface area contributed by atoms with Crippen LogP contribution in [0.25, 0.3) is 12.2 Å². The third-order valence-electron chi connectivity index (χ3n) is 2.24. The van der Waals surface area contributed by atoms with Crippen molar-refractivity contribution in [2.45, 2.75) is 6.92 Å². The van der Waals surface area contributed by atoms with Crippen LogP contribution in [0.1, 0.15) is 16.7 Å². The van der Waals surface area contributed by atoms with Crippen LogP contribution in [0.5, 0.6) is 0 Å². The molecule has 12 heavy (non-hydrogen) atoms. The van der Waals surface area contributed by atoms with Gasteiger partial charge in [-0.3, -0.25) is 0 Å². The molecule has 62 valence electrons. The summed E-state index contributed by atoms with van der Waals surface area (Å²) >= 11 is 0. The smallest absolute Gasteiger partial charge is 0.0388 e. The summed E-state index contributed by atoms with van der Waals surface area (Å²) in [5.41, 5.74) is 3.77. The van der Waals surface area contributed by atoms with Gasteiger partial charge in [-0.2, -0.15) is 0 Å². The second-order valence-corrected chi connectivity index (χ2v) is 4.00. The van der Waals surface area contributed by atoms with Crippen LogP contribution in [-0.4, -0.2) is 10.2 Å². The molecule has 0 unspecified atom stereocenters. The fourth-order valence-corrected chi connectivity index (χ4v) is 1.74. The standard InChI is InChI=1S/C11H14Si/c1-4-9-6-7-11(12)8(3)10(9)5-2/h4-7H,1-2H2,3,12H3. The second-order valence-electron chi connectivity index (χ2n) is 2.92. The van der Waals surface area contributed by atoms with Gasteiger partial charge in [-0.25, -0.2) is 0 Å². The number of rotatable bonds is 2. The molecule has 1 aromatic carbocycles. The number of hydrogen-bond donors (Lipinski definition) is 0. The van der Waals surface area contributed by atoms with E-state index in [1.165, 1.54) is 21.9 Å². The summed E-state index contributed by atoms with van der Waals surface area (Å²) in [6.45, 7) is 9.73. The first-order valence-electron chi connectivity index (χ1n) is 4.05. The van der Waals surface area contributed by atoms with Gasteiger partial charge in [0.05, 0.1) is 0 Å². The lowest BCUT2D eigenvalue weighted by molar-refractivity contribution is 1.47. The van der Waals surface area contributed by atoms with Gasteiger partial charge >= 0.3 is 0 Å². The fraction of sp³-hybridized carbons (Fsp3) is 0.0909. The highest BCUT2D eigenvalue weighted by Crippen LogP contribution is 2.14. The van der Waals surface area contributed by atoms with Gasteiger partial charge in [0.1, 0.15) is 0 Å². The van der Waals surface area contributed by atoms with Crippen LogP contribution in [-0.2, 0) is 0 Å². The monoisotopic (exact) mass is 174 g/mol. The molecule has 0 amide bonds. The molecule has 0 saturated heterocycles. The molecule has 0 heterocycles. The topological polar surface area (TPSA) is 0 Å². The summed E-state index contributed by atoms with van der Waals surface area (Å²) in [7, 11) is 1.10. The Hall–Kier alpha value is -1.08. The molecule has 0 fully saturated rings. The highest BCUT2D eigenvalue weighted by molar-refractivity contribution is 6.33. The molecule has 0 aromatic heterocycles. The van der Waals surface area contributed by atoms with E-state index in [4.69, 9.17) is 0 Å². The summed E-state index contributed by atoms with van der Waals surface area (Å²) in [6.07, 6.45) is 3.79. The van der Waals surface area contributed by atoms with Crippen molar-refractivity contribution >= 4 is 27.6 Å². The molecule has 0 spiro atoms. The average molecular weight is 174 g/mol. The van der Waals surface area contributed by atoms with Crippen molar-refractivity contribution in [2.24, 2.45) is 0 Å². The number of hydrogen-bond acceptors (Lipinski definition) is 0. The van der Waals surface area contributed by atoms with Crippen LogP contribution in [0.2, 0.25) is 0 Å². The minimum absolute atomic E-state index is 1.10. The molecule has 0 radical (unpaired) electrons. The van der Waals surface area contributed by atoms with E-state index >= 15 is 0 Å². The van der Waals surface area contributed by atoms with E-state index in [0.29, 0.717) is 0 Å². The third kappa shape index (κ3) is 1.41. The molecule has 1 aromatic rings. The maximum atomic E-state index is 3.81. The van der Waals surface area contributed by atoms with Gasteiger partial charge in [-0.1, -0.05) is 42.6 Å². The van der Waals surface area contributed by atoms with Crippen molar-refractivity contribution in [2.75, 3.05) is 0 Å². The van der Waals surface area contributed by atoms with Crippen LogP contribution in [0.4, 0.5) is 0 Å². The summed E-state index contributed by atoms with van der Waals surface area (Å²) in [4.78, 5) is 0. The van der Waals surface area contributed by atoms with Crippen LogP contribution >= 0.6 is 0 Å². The van der Waals surface area contributed by atoms with E-state index in [9.17, 15) is 0 Å². The molecule has 1 heteroatoms. The van der Waals surface area contributed by atoms with Crippen molar-refractivity contribution in [1.82, 2.24) is 0 Å². The third-order valence-corrected chi connectivity index (χ3v) is 3.33. The Labute approximate surface area is 77.0 Å². The zero-order valence-electron chi connectivity index (χ0n) is 7.72. The molecule has 0 atom stereocenters. The maximum absolute atomic E-state index is 3.81. The van der Waals surface area contributed by atoms with Crippen LogP contribution < -0.4 is 5.19 Å². The Morgan fingerprint density at radius 2 is 1.92 bits per heavy atom. The van der Waals surface area contributed by atoms with E-state index in [-0.39, 0.29) is 0 Å². The van der Waals surface area contributed by atoms with Crippen molar-refractivity contribution in [3.63, 3.8) is 0 Å². The number of benzene rings is 1. The molecule has 0 aliphatic rings. The van der Waals surface area contributed by atoms with E-state index in [1.807, 2.05) is 12.2 Å². The van der Waals surface area contributed by atoms with Crippen molar-refractivity contribution in [1.29, 1.82) is 0 Å².